The zero-order chi connectivity index (χ0) is 15.7. The van der Waals surface area contributed by atoms with Crippen molar-refractivity contribution < 1.29 is 4.79 Å². The predicted octanol–water partition coefficient (Wildman–Crippen LogP) is 3.22. The van der Waals surface area contributed by atoms with Gasteiger partial charge in [0.2, 0.25) is 0 Å². The van der Waals surface area contributed by atoms with Gasteiger partial charge in [0.25, 0.3) is 0 Å². The summed E-state index contributed by atoms with van der Waals surface area (Å²) in [7, 11) is 1.88. The van der Waals surface area contributed by atoms with Crippen LogP contribution in [0.5, 0.6) is 0 Å². The average Bonchev–Trinajstić information content (AvgIpc) is 3.02. The first-order valence-corrected chi connectivity index (χ1v) is 7.78. The maximum absolute atomic E-state index is 12.1. The molecule has 114 valence electrons. The SMILES string of the molecule is Cc1c([C@H](C)NC(=O)Nc2nc3ccccc3s2)cnn1C. The predicted molar refractivity (Wildman–Crippen MR) is 88.1 cm³/mol. The molecule has 0 radical (unpaired) electrons. The zero-order valence-electron chi connectivity index (χ0n) is 12.6. The second-order valence-electron chi connectivity index (χ2n) is 5.12. The molecular formula is C15H17N5OS. The summed E-state index contributed by atoms with van der Waals surface area (Å²) >= 11 is 1.46. The number of fused-ring (bicyclic) bond motifs is 1. The van der Waals surface area contributed by atoms with Crippen molar-refractivity contribution in [3.63, 3.8) is 0 Å². The number of benzene rings is 1. The summed E-state index contributed by atoms with van der Waals surface area (Å²) in [5.41, 5.74) is 2.92. The number of carbonyl (C=O) groups is 1. The van der Waals surface area contributed by atoms with Crippen LogP contribution in [-0.4, -0.2) is 20.8 Å². The van der Waals surface area contributed by atoms with E-state index in [0.29, 0.717) is 5.13 Å². The number of carbonyl (C=O) groups excluding carboxylic acids is 1. The Labute approximate surface area is 132 Å². The molecule has 7 heteroatoms. The summed E-state index contributed by atoms with van der Waals surface area (Å²) < 4.78 is 2.84. The van der Waals surface area contributed by atoms with Crippen LogP contribution in [0.15, 0.2) is 30.5 Å². The number of rotatable bonds is 3. The van der Waals surface area contributed by atoms with E-state index in [2.05, 4.69) is 20.7 Å². The van der Waals surface area contributed by atoms with Crippen molar-refractivity contribution in [1.29, 1.82) is 0 Å². The van der Waals surface area contributed by atoms with E-state index in [4.69, 9.17) is 0 Å². The molecule has 2 heterocycles. The fraction of sp³-hybridized carbons (Fsp3) is 0.267. The van der Waals surface area contributed by atoms with Gasteiger partial charge in [-0.15, -0.1) is 0 Å². The molecule has 0 aliphatic carbocycles. The molecule has 0 saturated heterocycles. The third kappa shape index (κ3) is 2.80. The lowest BCUT2D eigenvalue weighted by atomic mass is 10.1. The highest BCUT2D eigenvalue weighted by atomic mass is 32.1. The Bertz CT molecular complexity index is 789. The van der Waals surface area contributed by atoms with Crippen molar-refractivity contribution in [2.45, 2.75) is 19.9 Å². The highest BCUT2D eigenvalue weighted by Gasteiger charge is 2.15. The number of hydrogen-bond acceptors (Lipinski definition) is 4. The summed E-state index contributed by atoms with van der Waals surface area (Å²) in [5.74, 6) is 0. The number of aromatic nitrogens is 3. The molecular weight excluding hydrogens is 298 g/mol. The van der Waals surface area contributed by atoms with Gasteiger partial charge in [-0.05, 0) is 26.0 Å². The molecule has 2 aromatic heterocycles. The quantitative estimate of drug-likeness (QED) is 0.779. The van der Waals surface area contributed by atoms with Crippen LogP contribution < -0.4 is 10.6 Å². The molecule has 0 fully saturated rings. The van der Waals surface area contributed by atoms with Crippen LogP contribution in [0.2, 0.25) is 0 Å². The van der Waals surface area contributed by atoms with Gasteiger partial charge in [-0.1, -0.05) is 23.5 Å². The normalized spacial score (nSPS) is 12.3. The van der Waals surface area contributed by atoms with Gasteiger partial charge in [0.1, 0.15) is 0 Å². The van der Waals surface area contributed by atoms with Crippen LogP contribution in [0.3, 0.4) is 0 Å². The lowest BCUT2D eigenvalue weighted by Crippen LogP contribution is -2.31. The number of urea groups is 1. The molecule has 22 heavy (non-hydrogen) atoms. The average molecular weight is 315 g/mol. The van der Waals surface area contributed by atoms with Gasteiger partial charge in [-0.2, -0.15) is 5.10 Å². The maximum atomic E-state index is 12.1. The van der Waals surface area contributed by atoms with E-state index < -0.39 is 0 Å². The third-order valence-electron chi connectivity index (χ3n) is 3.60. The maximum Gasteiger partial charge on any atom is 0.321 e. The monoisotopic (exact) mass is 315 g/mol. The summed E-state index contributed by atoms with van der Waals surface area (Å²) in [6.07, 6.45) is 1.78. The molecule has 2 N–H and O–H groups in total. The molecule has 0 saturated carbocycles. The van der Waals surface area contributed by atoms with Gasteiger partial charge < -0.3 is 5.32 Å². The molecule has 1 aromatic carbocycles. The van der Waals surface area contributed by atoms with Crippen molar-refractivity contribution in [2.75, 3.05) is 5.32 Å². The van der Waals surface area contributed by atoms with Crippen LogP contribution >= 0.6 is 11.3 Å². The minimum atomic E-state index is -0.269. The van der Waals surface area contributed by atoms with E-state index >= 15 is 0 Å². The molecule has 0 bridgehead atoms. The summed E-state index contributed by atoms with van der Waals surface area (Å²) in [5, 5.41) is 10.5. The fourth-order valence-electron chi connectivity index (χ4n) is 2.27. The van der Waals surface area contributed by atoms with Crippen molar-refractivity contribution >= 4 is 32.7 Å². The van der Waals surface area contributed by atoms with E-state index in [9.17, 15) is 4.79 Å². The number of anilines is 1. The third-order valence-corrected chi connectivity index (χ3v) is 4.55. The Morgan fingerprint density at radius 2 is 2.14 bits per heavy atom. The van der Waals surface area contributed by atoms with Gasteiger partial charge in [0.05, 0.1) is 22.5 Å². The topological polar surface area (TPSA) is 71.8 Å². The first-order chi connectivity index (χ1) is 10.5. The smallest absolute Gasteiger partial charge is 0.321 e. The highest BCUT2D eigenvalue weighted by molar-refractivity contribution is 7.22. The van der Waals surface area contributed by atoms with Gasteiger partial charge >= 0.3 is 6.03 Å². The number of hydrogen-bond donors (Lipinski definition) is 2. The molecule has 0 aliphatic heterocycles. The lowest BCUT2D eigenvalue weighted by Gasteiger charge is -2.13. The van der Waals surface area contributed by atoms with Crippen LogP contribution in [0.4, 0.5) is 9.93 Å². The van der Waals surface area contributed by atoms with E-state index in [0.717, 1.165) is 21.5 Å². The van der Waals surface area contributed by atoms with Crippen LogP contribution in [0.25, 0.3) is 10.2 Å². The van der Waals surface area contributed by atoms with Gasteiger partial charge in [-0.3, -0.25) is 10.00 Å². The number of thiazole rings is 1. The Morgan fingerprint density at radius 1 is 1.36 bits per heavy atom. The van der Waals surface area contributed by atoms with Crippen molar-refractivity contribution in [1.82, 2.24) is 20.1 Å². The summed E-state index contributed by atoms with van der Waals surface area (Å²) in [6, 6.07) is 7.41. The van der Waals surface area contributed by atoms with E-state index in [1.54, 1.807) is 10.9 Å². The first kappa shape index (κ1) is 14.5. The Balaban J connectivity index is 1.68. The second-order valence-corrected chi connectivity index (χ2v) is 6.15. The second kappa shape index (κ2) is 5.76. The minimum absolute atomic E-state index is 0.122. The van der Waals surface area contributed by atoms with Gasteiger partial charge in [0.15, 0.2) is 5.13 Å². The van der Waals surface area contributed by atoms with Crippen molar-refractivity contribution in [2.24, 2.45) is 7.05 Å². The standard InChI is InChI=1S/C15H17N5OS/c1-9(11-8-16-20(3)10(11)2)17-14(21)19-15-18-12-6-4-5-7-13(12)22-15/h4-9H,1-3H3,(H2,17,18,19,21)/t9-/m0/s1. The molecule has 0 spiro atoms. The highest BCUT2D eigenvalue weighted by Crippen LogP contribution is 2.25. The first-order valence-electron chi connectivity index (χ1n) is 6.96. The molecule has 6 nitrogen and oxygen atoms in total. The summed E-state index contributed by atoms with van der Waals surface area (Å²) in [4.78, 5) is 16.5. The Morgan fingerprint density at radius 3 is 2.82 bits per heavy atom. The van der Waals surface area contributed by atoms with E-state index in [1.165, 1.54) is 11.3 Å². The van der Waals surface area contributed by atoms with Gasteiger partial charge in [-0.25, -0.2) is 9.78 Å². The molecule has 2 amide bonds. The number of para-hydroxylation sites is 1. The molecule has 1 atom stereocenters. The van der Waals surface area contributed by atoms with Crippen LogP contribution in [0, 0.1) is 6.92 Å². The van der Waals surface area contributed by atoms with Gasteiger partial charge in [0, 0.05) is 18.3 Å². The Kier molecular flexibility index (Phi) is 3.81. The number of nitrogens with zero attached hydrogens (tertiary/aromatic N) is 3. The fourth-order valence-corrected chi connectivity index (χ4v) is 3.13. The number of aryl methyl sites for hydroxylation is 1. The molecule has 3 rings (SSSR count). The van der Waals surface area contributed by atoms with Crippen molar-refractivity contribution in [3.8, 4) is 0 Å². The van der Waals surface area contributed by atoms with E-state index in [-0.39, 0.29) is 12.1 Å². The number of amides is 2. The largest absolute Gasteiger partial charge is 0.331 e. The van der Waals surface area contributed by atoms with Crippen molar-refractivity contribution in [3.05, 3.63) is 41.7 Å². The van der Waals surface area contributed by atoms with E-state index in [1.807, 2.05) is 45.2 Å². The summed E-state index contributed by atoms with van der Waals surface area (Å²) in [6.45, 7) is 3.91. The molecule has 0 unspecified atom stereocenters. The Hall–Kier alpha value is -2.41. The van der Waals surface area contributed by atoms with Crippen LogP contribution in [-0.2, 0) is 7.05 Å². The van der Waals surface area contributed by atoms with Crippen LogP contribution in [0.1, 0.15) is 24.2 Å². The number of nitrogens with one attached hydrogen (secondary N) is 2. The minimum Gasteiger partial charge on any atom is -0.331 e. The lowest BCUT2D eigenvalue weighted by molar-refractivity contribution is 0.249. The molecule has 3 aromatic rings. The zero-order valence-corrected chi connectivity index (χ0v) is 13.4. The molecule has 0 aliphatic rings.